The quantitative estimate of drug-likeness (QED) is 0.867. The number of carboxylic acid groups (broad SMARTS) is 1. The normalized spacial score (nSPS) is 17.8. The predicted octanol–water partition coefficient (Wildman–Crippen LogP) is 2.12. The van der Waals surface area contributed by atoms with Crippen LogP contribution >= 0.6 is 0 Å². The molecule has 1 aliphatic heterocycles. The van der Waals surface area contributed by atoms with E-state index in [0.29, 0.717) is 12.1 Å². The minimum Gasteiger partial charge on any atom is -0.508 e. The SMILES string of the molecule is O=C(O)C(c1ccc(O)cc1)N1CCCN(Cc2ccccn2)CC1. The molecule has 2 heterocycles. The monoisotopic (exact) mass is 341 g/mol. The smallest absolute Gasteiger partial charge is 0.325 e. The molecule has 0 bridgehead atoms. The number of pyridine rings is 1. The summed E-state index contributed by atoms with van der Waals surface area (Å²) < 4.78 is 0. The van der Waals surface area contributed by atoms with Crippen molar-refractivity contribution in [1.29, 1.82) is 0 Å². The number of phenols is 1. The molecule has 0 spiro atoms. The Hall–Kier alpha value is -2.44. The molecule has 0 amide bonds. The van der Waals surface area contributed by atoms with Crippen LogP contribution in [0.2, 0.25) is 0 Å². The zero-order valence-electron chi connectivity index (χ0n) is 14.1. The van der Waals surface area contributed by atoms with Gasteiger partial charge in [0.25, 0.3) is 0 Å². The Balaban J connectivity index is 1.68. The van der Waals surface area contributed by atoms with E-state index >= 15 is 0 Å². The van der Waals surface area contributed by atoms with Crippen molar-refractivity contribution in [3.8, 4) is 5.75 Å². The Morgan fingerprint density at radius 2 is 1.88 bits per heavy atom. The first-order chi connectivity index (χ1) is 12.1. The number of aromatic nitrogens is 1. The number of nitrogens with zero attached hydrogens (tertiary/aromatic N) is 3. The lowest BCUT2D eigenvalue weighted by Gasteiger charge is -2.28. The minimum atomic E-state index is -0.858. The highest BCUT2D eigenvalue weighted by Crippen LogP contribution is 2.24. The van der Waals surface area contributed by atoms with Gasteiger partial charge in [0.1, 0.15) is 11.8 Å². The first kappa shape index (κ1) is 17.4. The predicted molar refractivity (Wildman–Crippen MR) is 94.2 cm³/mol. The number of aromatic hydroxyl groups is 1. The van der Waals surface area contributed by atoms with Gasteiger partial charge >= 0.3 is 5.97 Å². The van der Waals surface area contributed by atoms with E-state index in [4.69, 9.17) is 0 Å². The molecule has 1 fully saturated rings. The Labute approximate surface area is 147 Å². The van der Waals surface area contributed by atoms with Crippen LogP contribution in [0, 0.1) is 0 Å². The molecule has 6 heteroatoms. The van der Waals surface area contributed by atoms with Crippen LogP contribution in [0.15, 0.2) is 48.7 Å². The Bertz CT molecular complexity index is 691. The van der Waals surface area contributed by atoms with Crippen LogP contribution in [0.5, 0.6) is 5.75 Å². The number of aliphatic carboxylic acids is 1. The molecule has 132 valence electrons. The van der Waals surface area contributed by atoms with E-state index < -0.39 is 12.0 Å². The van der Waals surface area contributed by atoms with Gasteiger partial charge in [-0.15, -0.1) is 0 Å². The molecule has 1 aromatic carbocycles. The van der Waals surface area contributed by atoms with Crippen molar-refractivity contribution in [2.75, 3.05) is 26.2 Å². The Morgan fingerprint density at radius 1 is 1.08 bits per heavy atom. The van der Waals surface area contributed by atoms with E-state index in [9.17, 15) is 15.0 Å². The molecule has 1 unspecified atom stereocenters. The average molecular weight is 341 g/mol. The summed E-state index contributed by atoms with van der Waals surface area (Å²) in [6, 6.07) is 11.7. The second kappa shape index (κ2) is 8.09. The van der Waals surface area contributed by atoms with Crippen molar-refractivity contribution >= 4 is 5.97 Å². The van der Waals surface area contributed by atoms with Gasteiger partial charge in [-0.05, 0) is 42.8 Å². The maximum Gasteiger partial charge on any atom is 0.325 e. The van der Waals surface area contributed by atoms with Crippen molar-refractivity contribution in [2.24, 2.45) is 0 Å². The van der Waals surface area contributed by atoms with Gasteiger partial charge < -0.3 is 10.2 Å². The summed E-state index contributed by atoms with van der Waals surface area (Å²) in [5, 5.41) is 19.1. The van der Waals surface area contributed by atoms with E-state index in [2.05, 4.69) is 9.88 Å². The van der Waals surface area contributed by atoms with Gasteiger partial charge in [0.05, 0.1) is 5.69 Å². The van der Waals surface area contributed by atoms with Gasteiger partial charge in [-0.1, -0.05) is 18.2 Å². The summed E-state index contributed by atoms with van der Waals surface area (Å²) in [7, 11) is 0. The molecule has 1 aromatic heterocycles. The molecular formula is C19H23N3O3. The van der Waals surface area contributed by atoms with Gasteiger partial charge in [0.15, 0.2) is 0 Å². The molecule has 1 aliphatic rings. The highest BCUT2D eigenvalue weighted by molar-refractivity contribution is 5.75. The fourth-order valence-corrected chi connectivity index (χ4v) is 3.29. The maximum absolute atomic E-state index is 11.8. The fourth-order valence-electron chi connectivity index (χ4n) is 3.29. The Kier molecular flexibility index (Phi) is 5.63. The maximum atomic E-state index is 11.8. The second-order valence-corrected chi connectivity index (χ2v) is 6.32. The van der Waals surface area contributed by atoms with Gasteiger partial charge in [0.2, 0.25) is 0 Å². The number of carboxylic acids is 1. The van der Waals surface area contributed by atoms with Crippen LogP contribution in [0.4, 0.5) is 0 Å². The molecule has 1 saturated heterocycles. The molecule has 2 aromatic rings. The molecule has 0 radical (unpaired) electrons. The second-order valence-electron chi connectivity index (χ2n) is 6.32. The standard InChI is InChI=1S/C19H23N3O3/c23-17-7-5-15(6-8-17)18(19(24)25)22-11-3-10-21(12-13-22)14-16-4-1-2-9-20-16/h1-2,4-9,18,23H,3,10-14H2,(H,24,25). The molecule has 1 atom stereocenters. The van der Waals surface area contributed by atoms with E-state index in [0.717, 1.165) is 38.3 Å². The van der Waals surface area contributed by atoms with Crippen molar-refractivity contribution in [3.05, 3.63) is 59.9 Å². The lowest BCUT2D eigenvalue weighted by atomic mass is 10.0. The van der Waals surface area contributed by atoms with Gasteiger partial charge in [-0.3, -0.25) is 19.6 Å². The number of carbonyl (C=O) groups is 1. The van der Waals surface area contributed by atoms with Crippen molar-refractivity contribution in [3.63, 3.8) is 0 Å². The van der Waals surface area contributed by atoms with Crippen LogP contribution < -0.4 is 0 Å². The molecule has 0 aliphatic carbocycles. The lowest BCUT2D eigenvalue weighted by Crippen LogP contribution is -2.37. The molecule has 25 heavy (non-hydrogen) atoms. The van der Waals surface area contributed by atoms with Crippen LogP contribution in [0.1, 0.15) is 23.7 Å². The van der Waals surface area contributed by atoms with E-state index in [1.165, 1.54) is 12.1 Å². The highest BCUT2D eigenvalue weighted by atomic mass is 16.4. The zero-order valence-corrected chi connectivity index (χ0v) is 14.1. The van der Waals surface area contributed by atoms with Crippen molar-refractivity contribution in [1.82, 2.24) is 14.8 Å². The first-order valence-corrected chi connectivity index (χ1v) is 8.51. The van der Waals surface area contributed by atoms with Crippen LogP contribution in [-0.4, -0.2) is 57.1 Å². The van der Waals surface area contributed by atoms with Crippen molar-refractivity contribution in [2.45, 2.75) is 19.0 Å². The fraction of sp³-hybridized carbons (Fsp3) is 0.368. The molecule has 0 saturated carbocycles. The molecule has 2 N–H and O–H groups in total. The summed E-state index contributed by atoms with van der Waals surface area (Å²) >= 11 is 0. The van der Waals surface area contributed by atoms with E-state index in [1.807, 2.05) is 23.1 Å². The third-order valence-electron chi connectivity index (χ3n) is 4.54. The summed E-state index contributed by atoms with van der Waals surface area (Å²) in [4.78, 5) is 20.5. The zero-order chi connectivity index (χ0) is 17.6. The summed E-state index contributed by atoms with van der Waals surface area (Å²) in [5.74, 6) is -0.714. The van der Waals surface area contributed by atoms with Gasteiger partial charge in [-0.2, -0.15) is 0 Å². The summed E-state index contributed by atoms with van der Waals surface area (Å²) in [5.41, 5.74) is 1.73. The number of phenolic OH excluding ortho intramolecular Hbond substituents is 1. The first-order valence-electron chi connectivity index (χ1n) is 8.51. The molecular weight excluding hydrogens is 318 g/mol. The van der Waals surface area contributed by atoms with Crippen molar-refractivity contribution < 1.29 is 15.0 Å². The number of benzene rings is 1. The third-order valence-corrected chi connectivity index (χ3v) is 4.54. The Morgan fingerprint density at radius 3 is 2.56 bits per heavy atom. The number of hydrogen-bond donors (Lipinski definition) is 2. The van der Waals surface area contributed by atoms with Gasteiger partial charge in [0, 0.05) is 32.4 Å². The number of hydrogen-bond acceptors (Lipinski definition) is 5. The summed E-state index contributed by atoms with van der Waals surface area (Å²) in [6.45, 7) is 3.93. The average Bonchev–Trinajstić information content (AvgIpc) is 2.83. The summed E-state index contributed by atoms with van der Waals surface area (Å²) in [6.07, 6.45) is 2.71. The lowest BCUT2D eigenvalue weighted by molar-refractivity contribution is -0.143. The number of rotatable bonds is 5. The van der Waals surface area contributed by atoms with Crippen LogP contribution in [0.25, 0.3) is 0 Å². The van der Waals surface area contributed by atoms with Gasteiger partial charge in [-0.25, -0.2) is 0 Å². The minimum absolute atomic E-state index is 0.144. The van der Waals surface area contributed by atoms with Crippen LogP contribution in [0.3, 0.4) is 0 Å². The topological polar surface area (TPSA) is 76.9 Å². The van der Waals surface area contributed by atoms with E-state index in [-0.39, 0.29) is 5.75 Å². The highest BCUT2D eigenvalue weighted by Gasteiger charge is 2.29. The third kappa shape index (κ3) is 4.55. The van der Waals surface area contributed by atoms with E-state index in [1.54, 1.807) is 18.3 Å². The largest absolute Gasteiger partial charge is 0.508 e. The molecule has 6 nitrogen and oxygen atoms in total. The molecule has 3 rings (SSSR count). The van der Waals surface area contributed by atoms with Crippen LogP contribution in [-0.2, 0) is 11.3 Å².